The molecular formula is C24H23N5O2. The Morgan fingerprint density at radius 2 is 1.68 bits per heavy atom. The van der Waals surface area contributed by atoms with Gasteiger partial charge in [0.05, 0.1) is 23.6 Å². The summed E-state index contributed by atoms with van der Waals surface area (Å²) in [4.78, 5) is 8.77. The molecule has 2 N–H and O–H groups in total. The molecule has 1 aliphatic carbocycles. The second-order valence-electron chi connectivity index (χ2n) is 8.39. The molecule has 0 amide bonds. The van der Waals surface area contributed by atoms with Crippen LogP contribution in [0.4, 0.5) is 5.82 Å². The fourth-order valence-electron chi connectivity index (χ4n) is 4.52. The lowest BCUT2D eigenvalue weighted by Crippen LogP contribution is -2.24. The van der Waals surface area contributed by atoms with Crippen LogP contribution in [-0.2, 0) is 4.74 Å². The monoisotopic (exact) mass is 413 g/mol. The number of nitrogen functional groups attached to an aromatic ring is 1. The molecule has 156 valence electrons. The van der Waals surface area contributed by atoms with Gasteiger partial charge in [-0.15, -0.1) is 0 Å². The number of hydrogen-bond acceptors (Lipinski definition) is 6. The number of nitrogens with two attached hydrogens (primary N) is 1. The van der Waals surface area contributed by atoms with Crippen LogP contribution in [0.3, 0.4) is 0 Å². The van der Waals surface area contributed by atoms with E-state index < -0.39 is 0 Å². The highest BCUT2D eigenvalue weighted by atomic mass is 16.6. The zero-order valence-electron chi connectivity index (χ0n) is 17.1. The van der Waals surface area contributed by atoms with Crippen molar-refractivity contribution in [3.8, 4) is 22.8 Å². The van der Waals surface area contributed by atoms with E-state index in [1.807, 2.05) is 59.3 Å². The van der Waals surface area contributed by atoms with E-state index in [1.54, 1.807) is 0 Å². The van der Waals surface area contributed by atoms with Crippen molar-refractivity contribution >= 4 is 16.9 Å². The quantitative estimate of drug-likeness (QED) is 0.485. The van der Waals surface area contributed by atoms with Crippen molar-refractivity contribution in [3.63, 3.8) is 0 Å². The van der Waals surface area contributed by atoms with Crippen molar-refractivity contribution in [3.05, 3.63) is 60.9 Å². The highest BCUT2D eigenvalue weighted by Gasteiger charge is 2.47. The number of hydrogen-bond donors (Lipinski definition) is 1. The third-order valence-corrected chi connectivity index (χ3v) is 6.39. The van der Waals surface area contributed by atoms with Gasteiger partial charge in [-0.05, 0) is 62.1 Å². The molecule has 1 saturated heterocycles. The Labute approximate surface area is 179 Å². The van der Waals surface area contributed by atoms with Crippen LogP contribution >= 0.6 is 0 Å². The number of anilines is 1. The van der Waals surface area contributed by atoms with Gasteiger partial charge in [-0.2, -0.15) is 5.10 Å². The van der Waals surface area contributed by atoms with Gasteiger partial charge in [-0.1, -0.05) is 18.2 Å². The molecule has 4 aromatic rings. The lowest BCUT2D eigenvalue weighted by atomic mass is 9.86. The second kappa shape index (κ2) is 7.06. The molecule has 7 nitrogen and oxygen atoms in total. The summed E-state index contributed by atoms with van der Waals surface area (Å²) < 4.78 is 13.6. The largest absolute Gasteiger partial charge is 0.457 e. The maximum absolute atomic E-state index is 6.27. The molecule has 2 fully saturated rings. The molecule has 2 aromatic heterocycles. The summed E-state index contributed by atoms with van der Waals surface area (Å²) >= 11 is 0. The average molecular weight is 413 g/mol. The van der Waals surface area contributed by atoms with E-state index >= 15 is 0 Å². The number of epoxide rings is 1. The van der Waals surface area contributed by atoms with Gasteiger partial charge in [0.1, 0.15) is 29.3 Å². The van der Waals surface area contributed by atoms with Gasteiger partial charge in [0.2, 0.25) is 0 Å². The number of para-hydroxylation sites is 1. The average Bonchev–Trinajstić information content (AvgIpc) is 3.44. The molecular weight excluding hydrogens is 390 g/mol. The Bertz CT molecular complexity index is 1220. The zero-order valence-corrected chi connectivity index (χ0v) is 17.1. The molecule has 3 heterocycles. The first kappa shape index (κ1) is 18.3. The van der Waals surface area contributed by atoms with Crippen LogP contribution in [0.1, 0.15) is 31.7 Å². The number of ether oxygens (including phenoxy) is 2. The first-order valence-electron chi connectivity index (χ1n) is 10.7. The van der Waals surface area contributed by atoms with Crippen molar-refractivity contribution in [2.24, 2.45) is 0 Å². The van der Waals surface area contributed by atoms with Crippen molar-refractivity contribution in [2.75, 3.05) is 12.3 Å². The normalized spacial score (nSPS) is 22.6. The van der Waals surface area contributed by atoms with Crippen LogP contribution < -0.4 is 10.5 Å². The van der Waals surface area contributed by atoms with Crippen LogP contribution in [0.2, 0.25) is 0 Å². The van der Waals surface area contributed by atoms with E-state index in [4.69, 9.17) is 20.3 Å². The molecule has 7 heteroatoms. The molecule has 0 bridgehead atoms. The predicted octanol–water partition coefficient (Wildman–Crippen LogP) is 4.75. The Morgan fingerprint density at radius 3 is 2.39 bits per heavy atom. The number of benzene rings is 2. The SMILES string of the molecule is Nc1ncnc2c1c(-c1ccc(Oc3ccccc3)cc1)nn2[C@H]1CC[C@@]2(CC1)CO2. The summed E-state index contributed by atoms with van der Waals surface area (Å²) in [5, 5.41) is 5.79. The molecule has 2 aromatic carbocycles. The van der Waals surface area contributed by atoms with E-state index in [1.165, 1.54) is 6.33 Å². The highest BCUT2D eigenvalue weighted by Crippen LogP contribution is 2.46. The Kier molecular flexibility index (Phi) is 4.17. The van der Waals surface area contributed by atoms with Crippen molar-refractivity contribution in [1.29, 1.82) is 0 Å². The van der Waals surface area contributed by atoms with E-state index in [0.29, 0.717) is 11.9 Å². The lowest BCUT2D eigenvalue weighted by Gasteiger charge is -2.26. The number of rotatable bonds is 4. The third kappa shape index (κ3) is 3.31. The second-order valence-corrected chi connectivity index (χ2v) is 8.39. The summed E-state index contributed by atoms with van der Waals surface area (Å²) in [6.45, 7) is 0.900. The summed E-state index contributed by atoms with van der Waals surface area (Å²) in [6, 6.07) is 17.9. The Morgan fingerprint density at radius 1 is 0.968 bits per heavy atom. The van der Waals surface area contributed by atoms with Gasteiger partial charge < -0.3 is 15.2 Å². The van der Waals surface area contributed by atoms with Crippen molar-refractivity contribution in [1.82, 2.24) is 19.7 Å². The summed E-state index contributed by atoms with van der Waals surface area (Å²) in [5.74, 6) is 2.02. The molecule has 31 heavy (non-hydrogen) atoms. The standard InChI is InChI=1S/C24H23N5O2/c25-22-20-21(16-6-8-19(9-7-16)31-18-4-2-1-3-5-18)28-29(23(20)27-15-26-22)17-10-12-24(13-11-17)14-30-24/h1-9,15,17H,10-14H2,(H2,25,26,27)/t17-,24+. The lowest BCUT2D eigenvalue weighted by molar-refractivity contribution is 0.196. The van der Waals surface area contributed by atoms with Gasteiger partial charge >= 0.3 is 0 Å². The molecule has 0 atom stereocenters. The maximum atomic E-state index is 6.27. The molecule has 1 spiro atoms. The third-order valence-electron chi connectivity index (χ3n) is 6.39. The van der Waals surface area contributed by atoms with Gasteiger partial charge in [-0.3, -0.25) is 0 Å². The van der Waals surface area contributed by atoms with Crippen molar-refractivity contribution < 1.29 is 9.47 Å². The number of aromatic nitrogens is 4. The molecule has 6 rings (SSSR count). The number of nitrogens with zero attached hydrogens (tertiary/aromatic N) is 4. The molecule has 0 radical (unpaired) electrons. The van der Waals surface area contributed by atoms with Gasteiger partial charge in [-0.25, -0.2) is 14.6 Å². The van der Waals surface area contributed by atoms with E-state index in [-0.39, 0.29) is 5.60 Å². The zero-order chi connectivity index (χ0) is 20.8. The molecule has 0 unspecified atom stereocenters. The topological polar surface area (TPSA) is 91.4 Å². The summed E-state index contributed by atoms with van der Waals surface area (Å²) in [7, 11) is 0. The Hall–Kier alpha value is -3.45. The van der Waals surface area contributed by atoms with E-state index in [2.05, 4.69) is 9.97 Å². The fourth-order valence-corrected chi connectivity index (χ4v) is 4.52. The predicted molar refractivity (Wildman–Crippen MR) is 118 cm³/mol. The minimum Gasteiger partial charge on any atom is -0.457 e. The molecule has 2 aliphatic rings. The van der Waals surface area contributed by atoms with Crippen LogP contribution in [0.15, 0.2) is 60.9 Å². The fraction of sp³-hybridized carbons (Fsp3) is 0.292. The van der Waals surface area contributed by atoms with Crippen LogP contribution in [0, 0.1) is 0 Å². The van der Waals surface area contributed by atoms with Gasteiger partial charge in [0.15, 0.2) is 5.65 Å². The molecule has 1 saturated carbocycles. The summed E-state index contributed by atoms with van der Waals surface area (Å²) in [5.41, 5.74) is 8.98. The molecule has 1 aliphatic heterocycles. The summed E-state index contributed by atoms with van der Waals surface area (Å²) in [6.07, 6.45) is 5.72. The minimum absolute atomic E-state index is 0.144. The van der Waals surface area contributed by atoms with Crippen LogP contribution in [0.25, 0.3) is 22.3 Å². The van der Waals surface area contributed by atoms with Gasteiger partial charge in [0, 0.05) is 5.56 Å². The van der Waals surface area contributed by atoms with E-state index in [9.17, 15) is 0 Å². The first-order chi connectivity index (χ1) is 15.2. The number of fused-ring (bicyclic) bond motifs is 1. The maximum Gasteiger partial charge on any atom is 0.164 e. The van der Waals surface area contributed by atoms with Crippen molar-refractivity contribution in [2.45, 2.75) is 37.3 Å². The van der Waals surface area contributed by atoms with Crippen LogP contribution in [0.5, 0.6) is 11.5 Å². The first-order valence-corrected chi connectivity index (χ1v) is 10.7. The highest BCUT2D eigenvalue weighted by molar-refractivity contribution is 5.98. The Balaban J connectivity index is 1.34. The van der Waals surface area contributed by atoms with Gasteiger partial charge in [0.25, 0.3) is 0 Å². The van der Waals surface area contributed by atoms with Crippen LogP contribution in [-0.4, -0.2) is 32.0 Å². The minimum atomic E-state index is 0.144. The smallest absolute Gasteiger partial charge is 0.164 e. The van der Waals surface area contributed by atoms with E-state index in [0.717, 1.165) is 66.1 Å².